The molecule has 0 saturated carbocycles. The number of ketones is 1. The van der Waals surface area contributed by atoms with Gasteiger partial charge in [-0.1, -0.05) is 90.9 Å². The van der Waals surface area contributed by atoms with Gasteiger partial charge in [0.25, 0.3) is 0 Å². The van der Waals surface area contributed by atoms with Gasteiger partial charge in [0.05, 0.1) is 0 Å². The van der Waals surface area contributed by atoms with E-state index in [-0.39, 0.29) is 5.78 Å². The minimum atomic E-state index is -1.10. The van der Waals surface area contributed by atoms with E-state index in [0.717, 1.165) is 12.8 Å². The van der Waals surface area contributed by atoms with Crippen molar-refractivity contribution in [3.8, 4) is 0 Å². The van der Waals surface area contributed by atoms with Crippen molar-refractivity contribution in [3.63, 3.8) is 0 Å². The van der Waals surface area contributed by atoms with E-state index in [1.165, 1.54) is 70.6 Å². The Morgan fingerprint density at radius 3 is 1.45 bits per heavy atom. The van der Waals surface area contributed by atoms with Gasteiger partial charge in [-0.25, -0.2) is 0 Å². The Hall–Kier alpha value is -0.370. The summed E-state index contributed by atoms with van der Waals surface area (Å²) in [5, 5.41) is 9.83. The van der Waals surface area contributed by atoms with Crippen LogP contribution in [-0.2, 0) is 4.79 Å². The highest BCUT2D eigenvalue weighted by Gasteiger charge is 2.26. The molecule has 0 aliphatic rings. The molecule has 1 atom stereocenters. The van der Waals surface area contributed by atoms with Gasteiger partial charge >= 0.3 is 0 Å². The van der Waals surface area contributed by atoms with Crippen molar-refractivity contribution < 1.29 is 9.90 Å². The number of Topliss-reactive ketones (excluding diaryl/α,β-unsaturated/α-hetero) is 1. The second kappa shape index (κ2) is 14.2. The average molecular weight is 313 g/mol. The van der Waals surface area contributed by atoms with Crippen LogP contribution in [0.1, 0.15) is 117 Å². The minimum absolute atomic E-state index is 0.0121. The van der Waals surface area contributed by atoms with Gasteiger partial charge in [-0.15, -0.1) is 0 Å². The van der Waals surface area contributed by atoms with E-state index in [1.807, 2.05) is 6.92 Å². The van der Waals surface area contributed by atoms with Crippen molar-refractivity contribution in [1.29, 1.82) is 0 Å². The summed E-state index contributed by atoms with van der Waals surface area (Å²) in [6.45, 7) is 5.77. The smallest absolute Gasteiger partial charge is 0.164 e. The highest BCUT2D eigenvalue weighted by molar-refractivity contribution is 5.86. The molecule has 0 bridgehead atoms. The molecule has 2 heteroatoms. The third-order valence-corrected chi connectivity index (χ3v) is 4.80. The van der Waals surface area contributed by atoms with Gasteiger partial charge < -0.3 is 5.11 Å². The van der Waals surface area contributed by atoms with Crippen LogP contribution >= 0.6 is 0 Å². The predicted octanol–water partition coefficient (Wildman–Crippen LogP) is 6.20. The summed E-state index contributed by atoms with van der Waals surface area (Å²) >= 11 is 0. The summed E-state index contributed by atoms with van der Waals surface area (Å²) in [7, 11) is 0. The molecule has 1 unspecified atom stereocenters. The molecule has 0 fully saturated rings. The SMILES string of the molecule is CCCCCCCCCCCCCCCC(=O)C(C)(O)CC. The van der Waals surface area contributed by atoms with Crippen molar-refractivity contribution in [3.05, 3.63) is 0 Å². The van der Waals surface area contributed by atoms with Crippen LogP contribution in [0.5, 0.6) is 0 Å². The van der Waals surface area contributed by atoms with Crippen LogP contribution in [0.2, 0.25) is 0 Å². The van der Waals surface area contributed by atoms with Crippen LogP contribution in [0.4, 0.5) is 0 Å². The topological polar surface area (TPSA) is 37.3 Å². The van der Waals surface area contributed by atoms with E-state index in [9.17, 15) is 9.90 Å². The van der Waals surface area contributed by atoms with E-state index in [4.69, 9.17) is 0 Å². The Morgan fingerprint density at radius 2 is 1.09 bits per heavy atom. The molecular weight excluding hydrogens is 272 g/mol. The van der Waals surface area contributed by atoms with E-state index in [0.29, 0.717) is 12.8 Å². The van der Waals surface area contributed by atoms with Crippen molar-refractivity contribution >= 4 is 5.78 Å². The van der Waals surface area contributed by atoms with Crippen LogP contribution in [0.3, 0.4) is 0 Å². The Balaban J connectivity index is 3.23. The fraction of sp³-hybridized carbons (Fsp3) is 0.950. The molecule has 0 saturated heterocycles. The Morgan fingerprint density at radius 1 is 0.727 bits per heavy atom. The number of carbonyl (C=O) groups excluding carboxylic acids is 1. The number of hydrogen-bond acceptors (Lipinski definition) is 2. The second-order valence-electron chi connectivity index (χ2n) is 7.04. The molecule has 0 spiro atoms. The third-order valence-electron chi connectivity index (χ3n) is 4.80. The van der Waals surface area contributed by atoms with Gasteiger partial charge in [0, 0.05) is 6.42 Å². The molecule has 132 valence electrons. The van der Waals surface area contributed by atoms with Gasteiger partial charge in [-0.3, -0.25) is 4.79 Å². The number of rotatable bonds is 16. The van der Waals surface area contributed by atoms with Gasteiger partial charge in [-0.05, 0) is 19.8 Å². The predicted molar refractivity (Wildman–Crippen MR) is 96.2 cm³/mol. The molecule has 0 heterocycles. The van der Waals surface area contributed by atoms with Crippen molar-refractivity contribution in [2.45, 2.75) is 123 Å². The maximum atomic E-state index is 11.7. The first-order valence-electron chi connectivity index (χ1n) is 9.80. The Bertz CT molecular complexity index is 258. The lowest BCUT2D eigenvalue weighted by atomic mass is 9.93. The van der Waals surface area contributed by atoms with Gasteiger partial charge in [0.2, 0.25) is 0 Å². The maximum Gasteiger partial charge on any atom is 0.164 e. The monoisotopic (exact) mass is 312 g/mol. The molecule has 0 aromatic carbocycles. The van der Waals surface area contributed by atoms with Gasteiger partial charge in [0.1, 0.15) is 5.60 Å². The summed E-state index contributed by atoms with van der Waals surface area (Å²) in [6.07, 6.45) is 18.2. The number of hydrogen-bond donors (Lipinski definition) is 1. The summed E-state index contributed by atoms with van der Waals surface area (Å²) in [5.74, 6) is 0.0121. The number of aliphatic hydroxyl groups is 1. The van der Waals surface area contributed by atoms with Crippen molar-refractivity contribution in [2.75, 3.05) is 0 Å². The summed E-state index contributed by atoms with van der Waals surface area (Å²) in [5.41, 5.74) is -1.10. The van der Waals surface area contributed by atoms with Crippen LogP contribution in [-0.4, -0.2) is 16.5 Å². The van der Waals surface area contributed by atoms with E-state index in [2.05, 4.69) is 6.92 Å². The molecule has 0 aliphatic carbocycles. The van der Waals surface area contributed by atoms with Crippen molar-refractivity contribution in [2.24, 2.45) is 0 Å². The lowest BCUT2D eigenvalue weighted by Gasteiger charge is -2.19. The first-order chi connectivity index (χ1) is 10.5. The van der Waals surface area contributed by atoms with Crippen LogP contribution in [0.15, 0.2) is 0 Å². The maximum absolute atomic E-state index is 11.7. The normalized spacial score (nSPS) is 14.0. The van der Waals surface area contributed by atoms with E-state index >= 15 is 0 Å². The van der Waals surface area contributed by atoms with Gasteiger partial charge in [0.15, 0.2) is 5.78 Å². The van der Waals surface area contributed by atoms with Crippen molar-refractivity contribution in [1.82, 2.24) is 0 Å². The summed E-state index contributed by atoms with van der Waals surface area (Å²) in [4.78, 5) is 11.7. The molecule has 1 N–H and O–H groups in total. The quantitative estimate of drug-likeness (QED) is 0.345. The lowest BCUT2D eigenvalue weighted by molar-refractivity contribution is -0.136. The zero-order chi connectivity index (χ0) is 16.7. The molecule has 0 rings (SSSR count). The fourth-order valence-electron chi connectivity index (χ4n) is 2.77. The zero-order valence-corrected chi connectivity index (χ0v) is 15.5. The second-order valence-corrected chi connectivity index (χ2v) is 7.04. The molecule has 0 radical (unpaired) electrons. The summed E-state index contributed by atoms with van der Waals surface area (Å²) < 4.78 is 0. The summed E-state index contributed by atoms with van der Waals surface area (Å²) in [6, 6.07) is 0. The van der Waals surface area contributed by atoms with E-state index in [1.54, 1.807) is 6.92 Å². The van der Waals surface area contributed by atoms with Crippen LogP contribution in [0, 0.1) is 0 Å². The minimum Gasteiger partial charge on any atom is -0.382 e. The first-order valence-corrected chi connectivity index (χ1v) is 9.80. The first kappa shape index (κ1) is 21.6. The highest BCUT2D eigenvalue weighted by Crippen LogP contribution is 2.16. The van der Waals surface area contributed by atoms with Crippen LogP contribution in [0.25, 0.3) is 0 Å². The molecule has 2 nitrogen and oxygen atoms in total. The lowest BCUT2D eigenvalue weighted by Crippen LogP contribution is -2.33. The molecule has 0 aromatic rings. The van der Waals surface area contributed by atoms with Crippen LogP contribution < -0.4 is 0 Å². The average Bonchev–Trinajstić information content (AvgIpc) is 2.51. The third kappa shape index (κ3) is 12.2. The Labute approximate surface area is 139 Å². The number of unbranched alkanes of at least 4 members (excludes halogenated alkanes) is 12. The fourth-order valence-corrected chi connectivity index (χ4v) is 2.77. The standard InChI is InChI=1S/C20H40O2/c1-4-6-7-8-9-10-11-12-13-14-15-16-17-18-19(21)20(3,22)5-2/h22H,4-18H2,1-3H3. The highest BCUT2D eigenvalue weighted by atomic mass is 16.3. The van der Waals surface area contributed by atoms with Gasteiger partial charge in [-0.2, -0.15) is 0 Å². The molecule has 22 heavy (non-hydrogen) atoms. The number of carbonyl (C=O) groups is 1. The molecule has 0 aliphatic heterocycles. The Kier molecular flexibility index (Phi) is 14.0. The zero-order valence-electron chi connectivity index (χ0n) is 15.5. The molecule has 0 aromatic heterocycles. The molecular formula is C20H40O2. The largest absolute Gasteiger partial charge is 0.382 e. The molecule has 0 amide bonds. The van der Waals surface area contributed by atoms with E-state index < -0.39 is 5.60 Å².